The summed E-state index contributed by atoms with van der Waals surface area (Å²) in [5.74, 6) is 4.99. The van der Waals surface area contributed by atoms with E-state index >= 15 is 0 Å². The van der Waals surface area contributed by atoms with Crippen LogP contribution in [0, 0.1) is 23.7 Å². The van der Waals surface area contributed by atoms with Crippen molar-refractivity contribution in [2.45, 2.75) is 32.1 Å². The molecule has 0 radical (unpaired) electrons. The van der Waals surface area contributed by atoms with E-state index < -0.39 is 0 Å². The summed E-state index contributed by atoms with van der Waals surface area (Å²) < 4.78 is 16.5. The Hall–Kier alpha value is -1.19. The maximum absolute atomic E-state index is 6.25. The van der Waals surface area contributed by atoms with Gasteiger partial charge in [-0.25, -0.2) is 0 Å². The normalized spacial score (nSPS) is 30.5. The molecule has 5 rings (SSSR count). The largest absolute Gasteiger partial charge is 0.496 e. The highest BCUT2D eigenvalue weighted by molar-refractivity contribution is 6.32. The standard InChI is InChI=1S/C20H25ClO3/c1-22-11-24-18-10-14(3-4-17(18)21)20(23-2)19-15-6-12-5-13(8-15)9-16(19)7-12/h3-4,10,12-13,15-16H,5-9,11H2,1-2H3. The lowest BCUT2D eigenvalue weighted by molar-refractivity contribution is 0.0511. The van der Waals surface area contributed by atoms with Gasteiger partial charge >= 0.3 is 0 Å². The topological polar surface area (TPSA) is 27.7 Å². The molecule has 1 aromatic rings. The maximum atomic E-state index is 6.25. The molecule has 0 saturated heterocycles. The highest BCUT2D eigenvalue weighted by Crippen LogP contribution is 2.58. The molecule has 0 amide bonds. The van der Waals surface area contributed by atoms with Crippen molar-refractivity contribution in [1.82, 2.24) is 0 Å². The Labute approximate surface area is 148 Å². The van der Waals surface area contributed by atoms with E-state index in [-0.39, 0.29) is 6.79 Å². The van der Waals surface area contributed by atoms with E-state index in [0.717, 1.165) is 23.2 Å². The third-order valence-electron chi connectivity index (χ3n) is 6.01. The van der Waals surface area contributed by atoms with E-state index in [1.54, 1.807) is 19.8 Å². The minimum atomic E-state index is 0.191. The first-order valence-corrected chi connectivity index (χ1v) is 9.27. The van der Waals surface area contributed by atoms with Crippen molar-refractivity contribution in [1.29, 1.82) is 0 Å². The van der Waals surface area contributed by atoms with Crippen LogP contribution in [0.5, 0.6) is 5.75 Å². The van der Waals surface area contributed by atoms with Crippen LogP contribution in [0.1, 0.15) is 37.7 Å². The molecule has 4 saturated carbocycles. The second-order valence-electron chi connectivity index (χ2n) is 7.49. The van der Waals surface area contributed by atoms with E-state index in [2.05, 4.69) is 0 Å². The summed E-state index contributed by atoms with van der Waals surface area (Å²) in [6.45, 7) is 0.191. The molecule has 0 heterocycles. The molecule has 4 fully saturated rings. The van der Waals surface area contributed by atoms with Gasteiger partial charge in [-0.3, -0.25) is 0 Å². The molecular weight excluding hydrogens is 324 g/mol. The monoisotopic (exact) mass is 348 g/mol. The summed E-state index contributed by atoms with van der Waals surface area (Å²) in [4.78, 5) is 0. The van der Waals surface area contributed by atoms with Crippen molar-refractivity contribution in [3.05, 3.63) is 34.4 Å². The molecule has 0 aliphatic heterocycles. The fraction of sp³-hybridized carbons (Fsp3) is 0.600. The van der Waals surface area contributed by atoms with Crippen molar-refractivity contribution in [3.8, 4) is 5.75 Å². The Morgan fingerprint density at radius 3 is 2.29 bits per heavy atom. The number of halogens is 1. The van der Waals surface area contributed by atoms with Crippen LogP contribution in [-0.2, 0) is 9.47 Å². The fourth-order valence-electron chi connectivity index (χ4n) is 5.34. The number of rotatable bonds is 5. The Balaban J connectivity index is 1.71. The van der Waals surface area contributed by atoms with Crippen molar-refractivity contribution >= 4 is 17.4 Å². The van der Waals surface area contributed by atoms with Crippen molar-refractivity contribution in [2.75, 3.05) is 21.0 Å². The first kappa shape index (κ1) is 16.3. The fourth-order valence-corrected chi connectivity index (χ4v) is 5.51. The minimum absolute atomic E-state index is 0.191. The van der Waals surface area contributed by atoms with Gasteiger partial charge in [-0.1, -0.05) is 11.6 Å². The average Bonchev–Trinajstić information content (AvgIpc) is 2.57. The number of benzene rings is 1. The quantitative estimate of drug-likeness (QED) is 0.545. The van der Waals surface area contributed by atoms with E-state index in [9.17, 15) is 0 Å². The van der Waals surface area contributed by atoms with Gasteiger partial charge in [0.1, 0.15) is 11.5 Å². The zero-order chi connectivity index (χ0) is 16.7. The highest BCUT2D eigenvalue weighted by atomic mass is 35.5. The second-order valence-corrected chi connectivity index (χ2v) is 7.90. The SMILES string of the molecule is COCOc1cc(C(OC)=C2C3CC4CC(C3)CC2C4)ccc1Cl. The smallest absolute Gasteiger partial charge is 0.188 e. The third kappa shape index (κ3) is 2.82. The molecule has 4 aliphatic carbocycles. The molecular formula is C20H25ClO3. The number of ether oxygens (including phenoxy) is 3. The van der Waals surface area contributed by atoms with Crippen molar-refractivity contribution < 1.29 is 14.2 Å². The third-order valence-corrected chi connectivity index (χ3v) is 6.32. The lowest BCUT2D eigenvalue weighted by Gasteiger charge is -2.51. The van der Waals surface area contributed by atoms with E-state index in [1.165, 1.54) is 32.1 Å². The van der Waals surface area contributed by atoms with E-state index in [1.807, 2.05) is 18.2 Å². The van der Waals surface area contributed by atoms with Crippen LogP contribution in [0.2, 0.25) is 5.02 Å². The summed E-state index contributed by atoms with van der Waals surface area (Å²) in [6.07, 6.45) is 6.83. The first-order valence-electron chi connectivity index (χ1n) is 8.89. The average molecular weight is 349 g/mol. The van der Waals surface area contributed by atoms with Gasteiger partial charge < -0.3 is 14.2 Å². The van der Waals surface area contributed by atoms with Crippen LogP contribution in [0.25, 0.3) is 5.76 Å². The summed E-state index contributed by atoms with van der Waals surface area (Å²) >= 11 is 6.25. The molecule has 0 N–H and O–H groups in total. The number of hydrogen-bond acceptors (Lipinski definition) is 3. The molecule has 0 atom stereocenters. The number of hydrogen-bond donors (Lipinski definition) is 0. The molecule has 4 heteroatoms. The van der Waals surface area contributed by atoms with Gasteiger partial charge in [0.25, 0.3) is 0 Å². The van der Waals surface area contributed by atoms with Crippen LogP contribution in [0.3, 0.4) is 0 Å². The summed E-state index contributed by atoms with van der Waals surface area (Å²) in [5, 5.41) is 0.598. The summed E-state index contributed by atoms with van der Waals surface area (Å²) in [6, 6.07) is 5.91. The molecule has 4 aliphatic rings. The molecule has 0 aromatic heterocycles. The lowest BCUT2D eigenvalue weighted by atomic mass is 9.54. The first-order chi connectivity index (χ1) is 11.7. The molecule has 0 unspecified atom stereocenters. The number of allylic oxidation sites excluding steroid dienone is 1. The van der Waals surface area contributed by atoms with E-state index in [0.29, 0.717) is 22.6 Å². The molecule has 3 nitrogen and oxygen atoms in total. The summed E-state index contributed by atoms with van der Waals surface area (Å²) in [7, 11) is 3.40. The second kappa shape index (κ2) is 6.61. The zero-order valence-corrected chi connectivity index (χ0v) is 15.1. The van der Waals surface area contributed by atoms with Crippen molar-refractivity contribution in [2.24, 2.45) is 23.7 Å². The number of methoxy groups -OCH3 is 2. The predicted octanol–water partition coefficient (Wildman–Crippen LogP) is 5.14. The van der Waals surface area contributed by atoms with Gasteiger partial charge in [-0.2, -0.15) is 0 Å². The Morgan fingerprint density at radius 2 is 1.71 bits per heavy atom. The molecule has 24 heavy (non-hydrogen) atoms. The molecule has 0 spiro atoms. The zero-order valence-electron chi connectivity index (χ0n) is 14.4. The van der Waals surface area contributed by atoms with Gasteiger partial charge in [0.15, 0.2) is 6.79 Å². The van der Waals surface area contributed by atoms with Gasteiger partial charge in [-0.05, 0) is 79.5 Å². The van der Waals surface area contributed by atoms with Gasteiger partial charge in [-0.15, -0.1) is 0 Å². The highest BCUT2D eigenvalue weighted by Gasteiger charge is 2.46. The molecule has 130 valence electrons. The van der Waals surface area contributed by atoms with E-state index in [4.69, 9.17) is 25.8 Å². The lowest BCUT2D eigenvalue weighted by Crippen LogP contribution is -2.40. The Bertz CT molecular complexity index is 622. The van der Waals surface area contributed by atoms with Gasteiger partial charge in [0.2, 0.25) is 0 Å². The summed E-state index contributed by atoms with van der Waals surface area (Å²) in [5.41, 5.74) is 2.61. The Kier molecular flexibility index (Phi) is 4.48. The van der Waals surface area contributed by atoms with Crippen molar-refractivity contribution in [3.63, 3.8) is 0 Å². The Morgan fingerprint density at radius 1 is 1.04 bits per heavy atom. The van der Waals surface area contributed by atoms with Crippen LogP contribution in [0.4, 0.5) is 0 Å². The van der Waals surface area contributed by atoms with Crippen LogP contribution >= 0.6 is 11.6 Å². The molecule has 4 bridgehead atoms. The van der Waals surface area contributed by atoms with Gasteiger partial charge in [0, 0.05) is 12.7 Å². The van der Waals surface area contributed by atoms with Crippen LogP contribution in [-0.4, -0.2) is 21.0 Å². The predicted molar refractivity (Wildman–Crippen MR) is 94.9 cm³/mol. The molecule has 1 aromatic carbocycles. The van der Waals surface area contributed by atoms with Crippen LogP contribution < -0.4 is 4.74 Å². The van der Waals surface area contributed by atoms with Gasteiger partial charge in [0.05, 0.1) is 12.1 Å². The van der Waals surface area contributed by atoms with Crippen LogP contribution in [0.15, 0.2) is 23.8 Å². The minimum Gasteiger partial charge on any atom is -0.496 e. The maximum Gasteiger partial charge on any atom is 0.188 e.